The third-order valence-electron chi connectivity index (χ3n) is 4.85. The third kappa shape index (κ3) is 4.91. The van der Waals surface area contributed by atoms with Gasteiger partial charge < -0.3 is 14.5 Å². The van der Waals surface area contributed by atoms with Crippen LogP contribution in [-0.2, 0) is 14.0 Å². The van der Waals surface area contributed by atoms with Crippen molar-refractivity contribution in [1.82, 2.24) is 10.3 Å². The van der Waals surface area contributed by atoms with E-state index < -0.39 is 15.0 Å². The smallest absolute Gasteiger partial charge is 0.317 e. The highest BCUT2D eigenvalue weighted by Gasteiger charge is 2.52. The van der Waals surface area contributed by atoms with E-state index in [0.717, 1.165) is 0 Å². The molecule has 1 amide bonds. The number of β-lactam (4-membered cyclic amide) rings is 1. The van der Waals surface area contributed by atoms with Crippen LogP contribution in [0.5, 0.6) is 5.88 Å². The highest BCUT2D eigenvalue weighted by atomic mass is 28.3. The van der Waals surface area contributed by atoms with E-state index in [1.165, 1.54) is 0 Å². The minimum atomic E-state index is -0.849. The molecular weight excluding hydrogens is 348 g/mol. The molecule has 26 heavy (non-hydrogen) atoms. The van der Waals surface area contributed by atoms with Crippen molar-refractivity contribution in [2.45, 2.75) is 46.8 Å². The summed E-state index contributed by atoms with van der Waals surface area (Å²) in [6, 6.07) is 4.90. The van der Waals surface area contributed by atoms with Gasteiger partial charge in [0.2, 0.25) is 20.8 Å². The molecule has 1 fully saturated rings. The van der Waals surface area contributed by atoms with Crippen LogP contribution in [0, 0.1) is 23.2 Å². The maximum atomic E-state index is 12.5. The second-order valence-corrected chi connectivity index (χ2v) is 10.2. The first kappa shape index (κ1) is 20.6. The number of carbonyl (C=O) groups is 2. The highest BCUT2D eigenvalue weighted by Crippen LogP contribution is 2.40. The van der Waals surface area contributed by atoms with Gasteiger partial charge in [0.25, 0.3) is 0 Å². The summed E-state index contributed by atoms with van der Waals surface area (Å²) in [6.07, 6.45) is 1.57. The Morgan fingerprint density at radius 2 is 2.04 bits per heavy atom. The zero-order chi connectivity index (χ0) is 19.5. The van der Waals surface area contributed by atoms with Crippen LogP contribution in [0.2, 0.25) is 13.1 Å². The molecule has 1 aromatic heterocycles. The summed E-state index contributed by atoms with van der Waals surface area (Å²) in [4.78, 5) is 28.8. The van der Waals surface area contributed by atoms with Gasteiger partial charge in [0.15, 0.2) is 0 Å². The summed E-state index contributed by atoms with van der Waals surface area (Å²) in [5, 5.41) is 2.89. The average molecular weight is 378 g/mol. The zero-order valence-corrected chi connectivity index (χ0v) is 17.4. The molecule has 0 aliphatic carbocycles. The quantitative estimate of drug-likeness (QED) is 0.449. The van der Waals surface area contributed by atoms with E-state index in [9.17, 15) is 9.59 Å². The van der Waals surface area contributed by atoms with Gasteiger partial charge in [-0.25, -0.2) is 4.98 Å². The zero-order valence-electron chi connectivity index (χ0n) is 16.4. The van der Waals surface area contributed by atoms with Gasteiger partial charge >= 0.3 is 5.97 Å². The number of ether oxygens (including phenoxy) is 1. The van der Waals surface area contributed by atoms with Gasteiger partial charge in [-0.1, -0.05) is 26.8 Å². The van der Waals surface area contributed by atoms with Crippen LogP contribution >= 0.6 is 0 Å². The molecule has 1 aliphatic rings. The molecule has 6 nitrogen and oxygen atoms in total. The molecule has 1 radical (unpaired) electrons. The number of aromatic nitrogens is 1. The Bertz CT molecular complexity index is 630. The molecule has 0 spiro atoms. The van der Waals surface area contributed by atoms with Crippen molar-refractivity contribution >= 4 is 20.9 Å². The first-order chi connectivity index (χ1) is 12.1. The van der Waals surface area contributed by atoms with E-state index >= 15 is 0 Å². The summed E-state index contributed by atoms with van der Waals surface area (Å²) in [6.45, 7) is 12.8. The van der Waals surface area contributed by atoms with E-state index in [0.29, 0.717) is 6.61 Å². The lowest BCUT2D eigenvalue weighted by Crippen LogP contribution is -2.66. The minimum Gasteiger partial charge on any atom is -0.417 e. The molecule has 2 heterocycles. The maximum Gasteiger partial charge on any atom is 0.317 e. The lowest BCUT2D eigenvalue weighted by atomic mass is 9.65. The fourth-order valence-electron chi connectivity index (χ4n) is 3.19. The topological polar surface area (TPSA) is 77.5 Å². The molecule has 0 unspecified atom stereocenters. The standard InChI is InChI=1S/C19H29N2O4Si/c1-12(18(23)25-14-9-7-8-10-20-14)16-15(17(22)21-16)13(19(2,3)4)11-24-26(5)6/h7-10,12-13,15-16H,11H2,1-6H3,(H,21,22)/t12-,13-,15+,16-/m1/s1. The Morgan fingerprint density at radius 3 is 2.54 bits per heavy atom. The Morgan fingerprint density at radius 1 is 1.35 bits per heavy atom. The summed E-state index contributed by atoms with van der Waals surface area (Å²) in [7, 11) is -0.849. The van der Waals surface area contributed by atoms with Crippen LogP contribution in [0.4, 0.5) is 0 Å². The Hall–Kier alpha value is -1.73. The van der Waals surface area contributed by atoms with Crippen LogP contribution in [0.15, 0.2) is 24.4 Å². The Kier molecular flexibility index (Phi) is 6.57. The van der Waals surface area contributed by atoms with Gasteiger partial charge in [-0.2, -0.15) is 0 Å². The molecule has 1 saturated heterocycles. The lowest BCUT2D eigenvalue weighted by molar-refractivity contribution is -0.151. The van der Waals surface area contributed by atoms with Crippen molar-refractivity contribution in [3.63, 3.8) is 0 Å². The van der Waals surface area contributed by atoms with Crippen molar-refractivity contribution in [2.75, 3.05) is 6.61 Å². The summed E-state index contributed by atoms with van der Waals surface area (Å²) < 4.78 is 11.3. The van der Waals surface area contributed by atoms with E-state index in [-0.39, 0.29) is 41.0 Å². The second kappa shape index (κ2) is 8.31. The van der Waals surface area contributed by atoms with Gasteiger partial charge in [0.05, 0.1) is 17.9 Å². The summed E-state index contributed by atoms with van der Waals surface area (Å²) >= 11 is 0. The van der Waals surface area contributed by atoms with Crippen molar-refractivity contribution in [1.29, 1.82) is 0 Å². The predicted molar refractivity (Wildman–Crippen MR) is 101 cm³/mol. The molecule has 0 saturated carbocycles. The number of esters is 1. The lowest BCUT2D eigenvalue weighted by Gasteiger charge is -2.48. The molecule has 0 bridgehead atoms. The largest absolute Gasteiger partial charge is 0.417 e. The molecule has 1 N–H and O–H groups in total. The van der Waals surface area contributed by atoms with Crippen molar-refractivity contribution < 1.29 is 18.8 Å². The van der Waals surface area contributed by atoms with Gasteiger partial charge in [-0.3, -0.25) is 9.59 Å². The number of nitrogens with one attached hydrogen (secondary N) is 1. The molecule has 2 rings (SSSR count). The number of pyridine rings is 1. The van der Waals surface area contributed by atoms with Crippen molar-refractivity contribution in [3.8, 4) is 5.88 Å². The molecule has 4 atom stereocenters. The number of amides is 1. The molecular formula is C19H29N2O4Si. The van der Waals surface area contributed by atoms with E-state index in [4.69, 9.17) is 9.16 Å². The Balaban J connectivity index is 2.10. The van der Waals surface area contributed by atoms with Gasteiger partial charge in [0, 0.05) is 18.9 Å². The molecule has 1 aliphatic heterocycles. The van der Waals surface area contributed by atoms with Crippen LogP contribution in [-0.4, -0.2) is 38.5 Å². The van der Waals surface area contributed by atoms with Crippen LogP contribution in [0.25, 0.3) is 0 Å². The minimum absolute atomic E-state index is 0.0167. The number of nitrogens with zero attached hydrogens (tertiary/aromatic N) is 1. The normalized spacial score (nSPS) is 22.3. The van der Waals surface area contributed by atoms with Crippen molar-refractivity contribution in [3.05, 3.63) is 24.4 Å². The maximum absolute atomic E-state index is 12.5. The monoisotopic (exact) mass is 377 g/mol. The molecule has 7 heteroatoms. The van der Waals surface area contributed by atoms with Crippen LogP contribution in [0.3, 0.4) is 0 Å². The third-order valence-corrected chi connectivity index (χ3v) is 5.59. The second-order valence-electron chi connectivity index (χ2n) is 8.13. The van der Waals surface area contributed by atoms with E-state index in [1.54, 1.807) is 31.3 Å². The Labute approximate surface area is 157 Å². The first-order valence-corrected chi connectivity index (χ1v) is 11.4. The predicted octanol–water partition coefficient (Wildman–Crippen LogP) is 2.67. The average Bonchev–Trinajstić information content (AvgIpc) is 2.55. The van der Waals surface area contributed by atoms with Gasteiger partial charge in [-0.15, -0.1) is 0 Å². The number of hydrogen-bond acceptors (Lipinski definition) is 5. The summed E-state index contributed by atoms with van der Waals surface area (Å²) in [5.41, 5.74) is -0.109. The van der Waals surface area contributed by atoms with Crippen LogP contribution < -0.4 is 10.1 Å². The first-order valence-electron chi connectivity index (χ1n) is 8.97. The molecule has 1 aromatic rings. The molecule has 0 aromatic carbocycles. The van der Waals surface area contributed by atoms with E-state index in [1.807, 2.05) is 0 Å². The van der Waals surface area contributed by atoms with E-state index in [2.05, 4.69) is 44.2 Å². The SMILES string of the molecule is C[C@@H](C(=O)Oc1ccccn1)[C@H]1NC(=O)[C@H]1[C@@H](CO[Si](C)C)C(C)(C)C. The number of rotatable bonds is 7. The number of carbonyl (C=O) groups excluding carboxylic acids is 2. The fraction of sp³-hybridized carbons (Fsp3) is 0.632. The van der Waals surface area contributed by atoms with Crippen molar-refractivity contribution in [2.24, 2.45) is 23.2 Å². The molecule has 143 valence electrons. The van der Waals surface area contributed by atoms with Gasteiger partial charge in [0.1, 0.15) is 0 Å². The summed E-state index contributed by atoms with van der Waals surface area (Å²) in [5.74, 6) is -0.821. The number of hydrogen-bond donors (Lipinski definition) is 1. The van der Waals surface area contributed by atoms with Gasteiger partial charge in [-0.05, 0) is 37.4 Å². The van der Waals surface area contributed by atoms with Crippen LogP contribution in [0.1, 0.15) is 27.7 Å². The highest BCUT2D eigenvalue weighted by molar-refractivity contribution is 6.48. The fourth-order valence-corrected chi connectivity index (χ4v) is 3.70.